The molecule has 1 rings (SSSR count). The molecule has 1 fully saturated rings. The quantitative estimate of drug-likeness (QED) is 0.609. The summed E-state index contributed by atoms with van der Waals surface area (Å²) in [5.74, 6) is 0.619. The van der Waals surface area contributed by atoms with E-state index in [-0.39, 0.29) is 5.25 Å². The fourth-order valence-corrected chi connectivity index (χ4v) is 2.18. The molecule has 1 heterocycles. The van der Waals surface area contributed by atoms with E-state index in [2.05, 4.69) is 0 Å². The molecule has 1 saturated heterocycles. The predicted octanol–water partition coefficient (Wildman–Crippen LogP) is -0.517. The molecule has 0 aromatic rings. The van der Waals surface area contributed by atoms with Crippen molar-refractivity contribution in [3.8, 4) is 0 Å². The van der Waals surface area contributed by atoms with E-state index in [9.17, 15) is 4.21 Å². The van der Waals surface area contributed by atoms with Gasteiger partial charge < -0.3 is 10.5 Å². The Morgan fingerprint density at radius 1 is 1.70 bits per heavy atom. The van der Waals surface area contributed by atoms with Gasteiger partial charge in [-0.3, -0.25) is 4.21 Å². The molecule has 0 bridgehead atoms. The Morgan fingerprint density at radius 2 is 2.50 bits per heavy atom. The summed E-state index contributed by atoms with van der Waals surface area (Å²) in [6, 6.07) is 0. The van der Waals surface area contributed by atoms with E-state index in [1.165, 1.54) is 0 Å². The molecular weight excluding hydrogens is 150 g/mol. The fraction of sp³-hybridized carbons (Fsp3) is 1.00. The second-order valence-corrected chi connectivity index (χ2v) is 4.20. The number of rotatable bonds is 3. The Labute approximate surface area is 63.4 Å². The summed E-state index contributed by atoms with van der Waals surface area (Å²) >= 11 is 0. The molecular formula is C6H13NO2S. The molecule has 3 nitrogen and oxygen atoms in total. The maximum Gasteiger partial charge on any atom is 0.0610 e. The summed E-state index contributed by atoms with van der Waals surface area (Å²) < 4.78 is 16.3. The average Bonchev–Trinajstić information content (AvgIpc) is 2.38. The van der Waals surface area contributed by atoms with E-state index in [4.69, 9.17) is 10.5 Å². The van der Waals surface area contributed by atoms with Gasteiger partial charge in [-0.05, 0) is 6.42 Å². The Kier molecular flexibility index (Phi) is 3.31. The van der Waals surface area contributed by atoms with Gasteiger partial charge in [-0.25, -0.2) is 0 Å². The van der Waals surface area contributed by atoms with Gasteiger partial charge in [-0.15, -0.1) is 0 Å². The van der Waals surface area contributed by atoms with Gasteiger partial charge in [0.1, 0.15) is 0 Å². The van der Waals surface area contributed by atoms with Crippen molar-refractivity contribution < 1.29 is 8.95 Å². The highest BCUT2D eigenvalue weighted by Gasteiger charge is 2.20. The van der Waals surface area contributed by atoms with E-state index >= 15 is 0 Å². The molecule has 2 unspecified atom stereocenters. The zero-order valence-electron chi connectivity index (χ0n) is 5.91. The first-order chi connectivity index (χ1) is 4.84. The minimum absolute atomic E-state index is 0.253. The van der Waals surface area contributed by atoms with Gasteiger partial charge >= 0.3 is 0 Å². The third-order valence-electron chi connectivity index (χ3n) is 1.58. The van der Waals surface area contributed by atoms with E-state index < -0.39 is 10.8 Å². The SMILES string of the molecule is NCCS(=O)C1CCOC1. The van der Waals surface area contributed by atoms with Crippen LogP contribution in [-0.4, -0.2) is 35.0 Å². The molecule has 2 N–H and O–H groups in total. The van der Waals surface area contributed by atoms with Crippen LogP contribution in [0.15, 0.2) is 0 Å². The van der Waals surface area contributed by atoms with Crippen LogP contribution >= 0.6 is 0 Å². The maximum absolute atomic E-state index is 11.2. The number of ether oxygens (including phenoxy) is 1. The summed E-state index contributed by atoms with van der Waals surface area (Å²) in [6.07, 6.45) is 0.937. The molecule has 0 saturated carbocycles. The summed E-state index contributed by atoms with van der Waals surface area (Å²) in [4.78, 5) is 0. The molecule has 1 aliphatic rings. The van der Waals surface area contributed by atoms with Crippen molar-refractivity contribution in [3.63, 3.8) is 0 Å². The first kappa shape index (κ1) is 8.17. The molecule has 4 heteroatoms. The third kappa shape index (κ3) is 2.04. The van der Waals surface area contributed by atoms with Crippen LogP contribution in [0.3, 0.4) is 0 Å². The minimum atomic E-state index is -0.745. The van der Waals surface area contributed by atoms with Crippen molar-refractivity contribution in [2.45, 2.75) is 11.7 Å². The second kappa shape index (κ2) is 4.05. The Balaban J connectivity index is 2.25. The lowest BCUT2D eigenvalue weighted by atomic mass is 10.4. The highest BCUT2D eigenvalue weighted by molar-refractivity contribution is 7.85. The van der Waals surface area contributed by atoms with Crippen LogP contribution in [0.2, 0.25) is 0 Å². The minimum Gasteiger partial charge on any atom is -0.380 e. The van der Waals surface area contributed by atoms with Gasteiger partial charge in [-0.2, -0.15) is 0 Å². The monoisotopic (exact) mass is 163 g/mol. The van der Waals surface area contributed by atoms with Gasteiger partial charge in [-0.1, -0.05) is 0 Å². The van der Waals surface area contributed by atoms with Crippen molar-refractivity contribution in [1.82, 2.24) is 0 Å². The van der Waals surface area contributed by atoms with Crippen LogP contribution in [0.1, 0.15) is 6.42 Å². The van der Waals surface area contributed by atoms with Crippen molar-refractivity contribution in [2.24, 2.45) is 5.73 Å². The fourth-order valence-electron chi connectivity index (χ4n) is 1.00. The molecule has 60 valence electrons. The van der Waals surface area contributed by atoms with E-state index in [1.807, 2.05) is 0 Å². The lowest BCUT2D eigenvalue weighted by Crippen LogP contribution is -2.21. The standard InChI is InChI=1S/C6H13NO2S/c7-2-4-10(8)6-1-3-9-5-6/h6H,1-5,7H2. The topological polar surface area (TPSA) is 52.3 Å². The smallest absolute Gasteiger partial charge is 0.0610 e. The second-order valence-electron chi connectivity index (χ2n) is 2.36. The molecule has 0 radical (unpaired) electrons. The highest BCUT2D eigenvalue weighted by Crippen LogP contribution is 2.10. The molecule has 0 amide bonds. The first-order valence-electron chi connectivity index (χ1n) is 3.49. The first-order valence-corrected chi connectivity index (χ1v) is 4.88. The number of nitrogens with two attached hydrogens (primary N) is 1. The Hall–Kier alpha value is 0.0700. The predicted molar refractivity (Wildman–Crippen MR) is 41.3 cm³/mol. The van der Waals surface area contributed by atoms with Gasteiger partial charge in [0, 0.05) is 29.7 Å². The average molecular weight is 163 g/mol. The molecule has 0 spiro atoms. The lowest BCUT2D eigenvalue weighted by molar-refractivity contribution is 0.199. The van der Waals surface area contributed by atoms with Crippen molar-refractivity contribution >= 4 is 10.8 Å². The number of hydrogen-bond donors (Lipinski definition) is 1. The van der Waals surface area contributed by atoms with Crippen molar-refractivity contribution in [2.75, 3.05) is 25.5 Å². The normalized spacial score (nSPS) is 28.7. The van der Waals surface area contributed by atoms with Crippen LogP contribution in [0, 0.1) is 0 Å². The zero-order valence-corrected chi connectivity index (χ0v) is 6.73. The Bertz CT molecular complexity index is 123. The molecule has 0 aromatic carbocycles. The largest absolute Gasteiger partial charge is 0.380 e. The Morgan fingerprint density at radius 3 is 3.00 bits per heavy atom. The van der Waals surface area contributed by atoms with Gasteiger partial charge in [0.15, 0.2) is 0 Å². The van der Waals surface area contributed by atoms with Crippen LogP contribution in [0.4, 0.5) is 0 Å². The van der Waals surface area contributed by atoms with Gasteiger partial charge in [0.2, 0.25) is 0 Å². The lowest BCUT2D eigenvalue weighted by Gasteiger charge is -2.04. The highest BCUT2D eigenvalue weighted by atomic mass is 32.2. The van der Waals surface area contributed by atoms with Crippen LogP contribution in [0.25, 0.3) is 0 Å². The summed E-state index contributed by atoms with van der Waals surface area (Å²) in [6.45, 7) is 1.94. The summed E-state index contributed by atoms with van der Waals surface area (Å²) in [5.41, 5.74) is 5.26. The maximum atomic E-state index is 11.2. The van der Waals surface area contributed by atoms with E-state index in [0.29, 0.717) is 18.9 Å². The van der Waals surface area contributed by atoms with Crippen molar-refractivity contribution in [1.29, 1.82) is 0 Å². The zero-order chi connectivity index (χ0) is 7.40. The number of hydrogen-bond acceptors (Lipinski definition) is 3. The molecule has 0 aliphatic carbocycles. The van der Waals surface area contributed by atoms with Gasteiger partial charge in [0.25, 0.3) is 0 Å². The van der Waals surface area contributed by atoms with Crippen LogP contribution < -0.4 is 5.73 Å². The summed E-state index contributed by atoms with van der Waals surface area (Å²) in [5, 5.41) is 0.253. The van der Waals surface area contributed by atoms with E-state index in [1.54, 1.807) is 0 Å². The summed E-state index contributed by atoms with van der Waals surface area (Å²) in [7, 11) is -0.745. The molecule has 1 aliphatic heterocycles. The molecule has 10 heavy (non-hydrogen) atoms. The molecule has 0 aromatic heterocycles. The third-order valence-corrected chi connectivity index (χ3v) is 3.33. The van der Waals surface area contributed by atoms with Gasteiger partial charge in [0.05, 0.1) is 11.9 Å². The van der Waals surface area contributed by atoms with Crippen molar-refractivity contribution in [3.05, 3.63) is 0 Å². The van der Waals surface area contributed by atoms with Crippen LogP contribution in [-0.2, 0) is 15.5 Å². The van der Waals surface area contributed by atoms with E-state index in [0.717, 1.165) is 13.0 Å². The van der Waals surface area contributed by atoms with Crippen LogP contribution in [0.5, 0.6) is 0 Å². The molecule has 2 atom stereocenters.